The highest BCUT2D eigenvalue weighted by Gasteiger charge is 2.13. The summed E-state index contributed by atoms with van der Waals surface area (Å²) in [6, 6.07) is 11.4. The summed E-state index contributed by atoms with van der Waals surface area (Å²) in [5, 5.41) is 0.523. The molecule has 0 heterocycles. The van der Waals surface area contributed by atoms with Crippen molar-refractivity contribution in [1.29, 1.82) is 0 Å². The molecule has 2 heteroatoms. The number of Topliss-reactive ketones (excluding diaryl/α,β-unsaturated/α-hetero) is 1. The van der Waals surface area contributed by atoms with Crippen molar-refractivity contribution in [3.05, 3.63) is 69.2 Å². The maximum absolute atomic E-state index is 12.3. The number of hydrogen-bond donors (Lipinski definition) is 0. The van der Waals surface area contributed by atoms with Gasteiger partial charge in [-0.3, -0.25) is 4.79 Å². The van der Waals surface area contributed by atoms with Gasteiger partial charge in [-0.25, -0.2) is 0 Å². The van der Waals surface area contributed by atoms with Crippen LogP contribution in [0, 0.1) is 20.8 Å². The van der Waals surface area contributed by atoms with Gasteiger partial charge >= 0.3 is 0 Å². The van der Waals surface area contributed by atoms with Crippen LogP contribution >= 0.6 is 11.6 Å². The summed E-state index contributed by atoms with van der Waals surface area (Å²) in [5.74, 6) is 0.0700. The summed E-state index contributed by atoms with van der Waals surface area (Å²) >= 11 is 6.07. The molecular weight excluding hydrogens is 256 g/mol. The van der Waals surface area contributed by atoms with Crippen LogP contribution in [0.25, 0.3) is 0 Å². The molecule has 0 bridgehead atoms. The lowest BCUT2D eigenvalue weighted by molar-refractivity contribution is 0.0992. The predicted octanol–water partition coefficient (Wildman–Crippen LogP) is 4.69. The molecule has 0 radical (unpaired) electrons. The van der Waals surface area contributed by atoms with Gasteiger partial charge < -0.3 is 0 Å². The van der Waals surface area contributed by atoms with E-state index in [1.165, 1.54) is 5.56 Å². The first kappa shape index (κ1) is 13.8. The van der Waals surface area contributed by atoms with Crippen molar-refractivity contribution < 1.29 is 4.79 Å². The van der Waals surface area contributed by atoms with Gasteiger partial charge in [-0.05, 0) is 49.6 Å². The molecule has 0 aliphatic heterocycles. The molecular formula is C17H17ClO. The maximum Gasteiger partial charge on any atom is 0.168 e. The maximum atomic E-state index is 12.3. The Hall–Kier alpha value is -1.60. The first-order valence-corrected chi connectivity index (χ1v) is 6.71. The van der Waals surface area contributed by atoms with Crippen molar-refractivity contribution >= 4 is 17.4 Å². The van der Waals surface area contributed by atoms with Crippen LogP contribution in [0.4, 0.5) is 0 Å². The van der Waals surface area contributed by atoms with Crippen molar-refractivity contribution in [2.45, 2.75) is 27.2 Å². The average molecular weight is 273 g/mol. The first-order valence-electron chi connectivity index (χ1n) is 6.33. The van der Waals surface area contributed by atoms with Crippen LogP contribution < -0.4 is 0 Å². The Kier molecular flexibility index (Phi) is 4.06. The minimum atomic E-state index is 0.0700. The fourth-order valence-electron chi connectivity index (χ4n) is 2.43. The van der Waals surface area contributed by atoms with E-state index in [1.54, 1.807) is 12.1 Å². The zero-order valence-corrected chi connectivity index (χ0v) is 12.2. The Bertz CT molecular complexity index is 606. The van der Waals surface area contributed by atoms with E-state index in [9.17, 15) is 4.79 Å². The molecule has 19 heavy (non-hydrogen) atoms. The van der Waals surface area contributed by atoms with Gasteiger partial charge in [0, 0.05) is 12.0 Å². The van der Waals surface area contributed by atoms with Gasteiger partial charge in [0.1, 0.15) is 0 Å². The fraction of sp³-hybridized carbons (Fsp3) is 0.235. The Balaban J connectivity index is 2.32. The lowest BCUT2D eigenvalue weighted by Gasteiger charge is -2.11. The van der Waals surface area contributed by atoms with Crippen molar-refractivity contribution in [1.82, 2.24) is 0 Å². The monoisotopic (exact) mass is 272 g/mol. The zero-order valence-electron chi connectivity index (χ0n) is 11.5. The normalized spacial score (nSPS) is 10.5. The predicted molar refractivity (Wildman–Crippen MR) is 80.1 cm³/mol. The van der Waals surface area contributed by atoms with Gasteiger partial charge in [0.15, 0.2) is 5.78 Å². The Labute approximate surface area is 119 Å². The number of benzene rings is 2. The summed E-state index contributed by atoms with van der Waals surface area (Å²) in [4.78, 5) is 12.3. The quantitative estimate of drug-likeness (QED) is 0.741. The van der Waals surface area contributed by atoms with E-state index < -0.39 is 0 Å². The number of aryl methyl sites for hydroxylation is 3. The number of ketones is 1. The van der Waals surface area contributed by atoms with E-state index in [0.29, 0.717) is 17.0 Å². The topological polar surface area (TPSA) is 17.1 Å². The second-order valence-corrected chi connectivity index (χ2v) is 5.36. The van der Waals surface area contributed by atoms with E-state index >= 15 is 0 Å². The first-order chi connectivity index (χ1) is 8.99. The van der Waals surface area contributed by atoms with Crippen molar-refractivity contribution in [3.8, 4) is 0 Å². The van der Waals surface area contributed by atoms with Crippen LogP contribution in [0.3, 0.4) is 0 Å². The lowest BCUT2D eigenvalue weighted by Crippen LogP contribution is -2.07. The minimum absolute atomic E-state index is 0.0700. The number of carbonyl (C=O) groups excluding carboxylic acids is 1. The van der Waals surface area contributed by atoms with Crippen molar-refractivity contribution in [3.63, 3.8) is 0 Å². The van der Waals surface area contributed by atoms with Gasteiger partial charge in [0.25, 0.3) is 0 Å². The third kappa shape index (κ3) is 3.05. The molecule has 0 saturated carbocycles. The number of hydrogen-bond acceptors (Lipinski definition) is 1. The van der Waals surface area contributed by atoms with Crippen LogP contribution in [-0.2, 0) is 6.42 Å². The molecule has 0 aliphatic rings. The third-order valence-corrected chi connectivity index (χ3v) is 3.68. The Morgan fingerprint density at radius 1 is 1.05 bits per heavy atom. The summed E-state index contributed by atoms with van der Waals surface area (Å²) in [6.45, 7) is 6.17. The molecule has 0 N–H and O–H groups in total. The molecule has 2 aromatic rings. The molecule has 0 fully saturated rings. The fourth-order valence-corrected chi connectivity index (χ4v) is 2.67. The van der Waals surface area contributed by atoms with Crippen LogP contribution in [-0.4, -0.2) is 5.78 Å². The highest BCUT2D eigenvalue weighted by Crippen LogP contribution is 2.21. The SMILES string of the molecule is Cc1cc(C)c(CC(=O)c2ccccc2Cl)c(C)c1. The number of halogens is 1. The number of carbonyl (C=O) groups is 1. The van der Waals surface area contributed by atoms with Gasteiger partial charge in [0.05, 0.1) is 5.02 Å². The second-order valence-electron chi connectivity index (χ2n) is 4.96. The molecule has 2 aromatic carbocycles. The molecule has 0 aliphatic carbocycles. The van der Waals surface area contributed by atoms with Crippen LogP contribution in [0.1, 0.15) is 32.6 Å². The zero-order chi connectivity index (χ0) is 14.0. The average Bonchev–Trinajstić information content (AvgIpc) is 2.34. The number of rotatable bonds is 3. The molecule has 0 saturated heterocycles. The molecule has 0 amide bonds. The van der Waals surface area contributed by atoms with Gasteiger partial charge in [-0.2, -0.15) is 0 Å². The van der Waals surface area contributed by atoms with E-state index in [-0.39, 0.29) is 5.78 Å². The highest BCUT2D eigenvalue weighted by molar-refractivity contribution is 6.34. The van der Waals surface area contributed by atoms with E-state index in [2.05, 4.69) is 32.9 Å². The Morgan fingerprint density at radius 2 is 1.63 bits per heavy atom. The third-order valence-electron chi connectivity index (χ3n) is 3.35. The lowest BCUT2D eigenvalue weighted by atomic mass is 9.94. The molecule has 0 aromatic heterocycles. The molecule has 0 spiro atoms. The van der Waals surface area contributed by atoms with E-state index in [0.717, 1.165) is 16.7 Å². The largest absolute Gasteiger partial charge is 0.294 e. The summed E-state index contributed by atoms with van der Waals surface area (Å²) in [7, 11) is 0. The smallest absolute Gasteiger partial charge is 0.168 e. The van der Waals surface area contributed by atoms with Crippen molar-refractivity contribution in [2.75, 3.05) is 0 Å². The summed E-state index contributed by atoms with van der Waals surface area (Å²) in [5.41, 5.74) is 5.26. The Morgan fingerprint density at radius 3 is 2.21 bits per heavy atom. The van der Waals surface area contributed by atoms with E-state index in [1.807, 2.05) is 12.1 Å². The van der Waals surface area contributed by atoms with Crippen LogP contribution in [0.15, 0.2) is 36.4 Å². The van der Waals surface area contributed by atoms with Gasteiger partial charge in [0.2, 0.25) is 0 Å². The van der Waals surface area contributed by atoms with Crippen molar-refractivity contribution in [2.24, 2.45) is 0 Å². The summed E-state index contributed by atoms with van der Waals surface area (Å²) < 4.78 is 0. The van der Waals surface area contributed by atoms with Crippen LogP contribution in [0.5, 0.6) is 0 Å². The molecule has 2 rings (SSSR count). The second kappa shape index (κ2) is 5.58. The molecule has 1 nitrogen and oxygen atoms in total. The van der Waals surface area contributed by atoms with E-state index in [4.69, 9.17) is 11.6 Å². The van der Waals surface area contributed by atoms with Crippen LogP contribution in [0.2, 0.25) is 5.02 Å². The van der Waals surface area contributed by atoms with Gasteiger partial charge in [-0.1, -0.05) is 41.4 Å². The molecule has 0 atom stereocenters. The highest BCUT2D eigenvalue weighted by atomic mass is 35.5. The minimum Gasteiger partial charge on any atom is -0.294 e. The standard InChI is InChI=1S/C17H17ClO/c1-11-8-12(2)15(13(3)9-11)10-17(19)14-6-4-5-7-16(14)18/h4-9H,10H2,1-3H3. The summed E-state index contributed by atoms with van der Waals surface area (Å²) in [6.07, 6.45) is 0.404. The molecule has 0 unspecified atom stereocenters. The molecule has 98 valence electrons. The van der Waals surface area contributed by atoms with Gasteiger partial charge in [-0.15, -0.1) is 0 Å².